The first kappa shape index (κ1) is 71.5. The number of unbranched alkanes of at least 4 members (excludes halogenated alkanes) is 5. The van der Waals surface area contributed by atoms with Gasteiger partial charge in [-0.3, -0.25) is 67.1 Å². The van der Waals surface area contributed by atoms with E-state index in [1.54, 1.807) is 0 Å². The molecule has 0 saturated carbocycles. The number of aliphatic carboxylic acids is 6. The van der Waals surface area contributed by atoms with Gasteiger partial charge >= 0.3 is 35.8 Å². The van der Waals surface area contributed by atoms with Crippen LogP contribution in [0.1, 0.15) is 141 Å². The molecule has 2 rings (SSSR count). The minimum absolute atomic E-state index is 0.00506. The fraction of sp³-hybridized carbons (Fsp3) is 0.680. The van der Waals surface area contributed by atoms with Gasteiger partial charge in [0.05, 0.1) is 12.8 Å². The molecular weight excluding hydrogens is 1120 g/mol. The first-order valence-electron chi connectivity index (χ1n) is 27.4. The van der Waals surface area contributed by atoms with E-state index in [9.17, 15) is 107 Å². The average molecular weight is 1200 g/mol. The summed E-state index contributed by atoms with van der Waals surface area (Å²) >= 11 is 0. The van der Waals surface area contributed by atoms with Crippen LogP contribution in [0.5, 0.6) is 0 Å². The fourth-order valence-corrected chi connectivity index (χ4v) is 8.73. The van der Waals surface area contributed by atoms with Crippen LogP contribution in [-0.4, -0.2) is 199 Å². The lowest BCUT2D eigenvalue weighted by Crippen LogP contribution is -2.59. The van der Waals surface area contributed by atoms with Crippen molar-refractivity contribution in [2.45, 2.75) is 202 Å². The molecule has 470 valence electrons. The molecule has 0 radical (unpaired) electrons. The molecule has 2 fully saturated rings. The normalized spacial score (nSPS) is 17.3. The highest BCUT2D eigenvalue weighted by atomic mass is 16.4. The number of carbonyl (C=O) groups excluding carboxylic acids is 10. The van der Waals surface area contributed by atoms with E-state index in [1.807, 2.05) is 0 Å². The lowest BCUT2D eigenvalue weighted by Gasteiger charge is -2.26. The highest BCUT2D eigenvalue weighted by Crippen LogP contribution is 2.15. The van der Waals surface area contributed by atoms with Crippen molar-refractivity contribution in [1.82, 2.24) is 53.2 Å². The highest BCUT2D eigenvalue weighted by molar-refractivity contribution is 5.99. The van der Waals surface area contributed by atoms with Gasteiger partial charge in [-0.2, -0.15) is 0 Å². The van der Waals surface area contributed by atoms with Gasteiger partial charge in [-0.05, 0) is 90.1 Å². The lowest BCUT2D eigenvalue weighted by molar-refractivity contribution is -0.143. The van der Waals surface area contributed by atoms with Crippen LogP contribution in [0, 0.1) is 0 Å². The molecule has 20 N–H and O–H groups in total. The Labute approximate surface area is 480 Å². The molecule has 84 heavy (non-hydrogen) atoms. The van der Waals surface area contributed by atoms with E-state index in [0.717, 1.165) is 0 Å². The topological polar surface area (TPSA) is 567 Å². The molecule has 0 aromatic rings. The molecule has 0 spiro atoms. The maximum atomic E-state index is 13.9. The van der Waals surface area contributed by atoms with E-state index in [2.05, 4.69) is 53.2 Å². The van der Waals surface area contributed by atoms with Crippen molar-refractivity contribution in [2.75, 3.05) is 13.1 Å². The van der Waals surface area contributed by atoms with Crippen molar-refractivity contribution in [1.29, 1.82) is 0 Å². The van der Waals surface area contributed by atoms with Crippen molar-refractivity contribution in [3.05, 3.63) is 0 Å². The number of carbonyl (C=O) groups is 16. The zero-order valence-corrected chi connectivity index (χ0v) is 46.1. The Kier molecular flexibility index (Phi) is 32.0. The van der Waals surface area contributed by atoms with Gasteiger partial charge in [0.15, 0.2) is 0 Å². The zero-order valence-electron chi connectivity index (χ0n) is 46.1. The lowest BCUT2D eigenvalue weighted by atomic mass is 10.0. The van der Waals surface area contributed by atoms with Crippen LogP contribution >= 0.6 is 0 Å². The van der Waals surface area contributed by atoms with E-state index in [1.165, 1.54) is 0 Å². The van der Waals surface area contributed by atoms with E-state index >= 15 is 0 Å². The van der Waals surface area contributed by atoms with Crippen LogP contribution in [0.4, 0.5) is 0 Å². The Hall–Kier alpha value is -8.56. The summed E-state index contributed by atoms with van der Waals surface area (Å²) in [5, 5.41) is 80.9. The minimum atomic E-state index is -1.99. The van der Waals surface area contributed by atoms with Gasteiger partial charge in [0, 0.05) is 25.7 Å². The second-order valence-electron chi connectivity index (χ2n) is 20.1. The molecule has 0 aromatic carbocycles. The third-order valence-corrected chi connectivity index (χ3v) is 13.3. The maximum absolute atomic E-state index is 13.9. The minimum Gasteiger partial charge on any atom is -0.481 e. The molecule has 0 aromatic heterocycles. The molecule has 34 heteroatoms. The summed E-state index contributed by atoms with van der Waals surface area (Å²) in [5.41, 5.74) is 11.1. The van der Waals surface area contributed by atoms with E-state index < -0.39 is 194 Å². The Balaban J connectivity index is 2.40. The van der Waals surface area contributed by atoms with Crippen molar-refractivity contribution in [2.24, 2.45) is 11.5 Å². The SMILES string of the molecule is NCCCC[C@H](NC(=O)[C@H](CCCCCC[C@H](NC(=O)[C@H](CC(=O)O)NC(=O)[C@H](CCC(=O)O)NC(=O)[C@@H]1CCC(=O)N1)C(=O)N[C@@H](CCCCN)C(=O)O)NC(=O)[C@H](CC(=O)O)NC(=O)[C@H](CCC(=O)O)NC(=O)[C@@H]1CCC(=O)N1)C(=O)O. The monoisotopic (exact) mass is 1200 g/mol. The second kappa shape index (κ2) is 37.5. The molecular formula is C50H78N12O22. The van der Waals surface area contributed by atoms with Gasteiger partial charge in [-0.15, -0.1) is 0 Å². The summed E-state index contributed by atoms with van der Waals surface area (Å²) in [4.78, 5) is 203. The van der Waals surface area contributed by atoms with Crippen LogP contribution in [-0.2, 0) is 76.7 Å². The predicted octanol–water partition coefficient (Wildman–Crippen LogP) is -5.13. The predicted molar refractivity (Wildman–Crippen MR) is 285 cm³/mol. The van der Waals surface area contributed by atoms with E-state index in [0.29, 0.717) is 12.8 Å². The smallest absolute Gasteiger partial charge is 0.326 e. The van der Waals surface area contributed by atoms with Gasteiger partial charge in [0.2, 0.25) is 59.1 Å². The zero-order chi connectivity index (χ0) is 63.1. The van der Waals surface area contributed by atoms with Crippen LogP contribution in [0.15, 0.2) is 0 Å². The Morgan fingerprint density at radius 2 is 0.643 bits per heavy atom. The molecule has 0 aliphatic carbocycles. The summed E-state index contributed by atoms with van der Waals surface area (Å²) in [6.07, 6.45) is -3.95. The molecule has 10 amide bonds. The number of amides is 10. The third kappa shape index (κ3) is 27.5. The van der Waals surface area contributed by atoms with Gasteiger partial charge in [-0.25, -0.2) is 9.59 Å². The average Bonchev–Trinajstić information content (AvgIpc) is 4.17. The van der Waals surface area contributed by atoms with Crippen molar-refractivity contribution < 1.29 is 107 Å². The molecule has 0 bridgehead atoms. The number of nitrogens with one attached hydrogen (secondary N) is 10. The number of nitrogens with two attached hydrogens (primary N) is 2. The van der Waals surface area contributed by atoms with E-state index in [-0.39, 0.29) is 103 Å². The van der Waals surface area contributed by atoms with Crippen LogP contribution < -0.4 is 64.6 Å². The van der Waals surface area contributed by atoms with Crippen molar-refractivity contribution in [3.8, 4) is 0 Å². The Morgan fingerprint density at radius 1 is 0.369 bits per heavy atom. The standard InChI is InChI=1S/C50H78N12O22/c51-21-7-5-11-31(49(81)82)59-41(73)25(55-47(79)33(23-39(69)70)61-45(77)29(15-19-37(65)66)57-43(75)27-13-17-35(63)53-27)9-3-1-2-4-10-26(42(74)60-32(50(83)84)12-6-8-22-52)56-48(80)34(24-40(71)72)62-46(78)30(16-20-38(67)68)58-44(76)28-14-18-36(64)54-28/h25-34H,1-24,51-52H2,(H,53,63)(H,54,64)(H,55,79)(H,56,80)(H,57,75)(H,58,76)(H,59,73)(H,60,74)(H,61,77)(H,62,78)(H,65,66)(H,67,68)(H,69,70)(H,71,72)(H,81,82)(H,83,84)/t25-,26-,27-,28-,29-,30-,31-,32-,33-,34-/m0/s1. The second-order valence-corrected chi connectivity index (χ2v) is 20.1. The number of carboxylic acids is 6. The van der Waals surface area contributed by atoms with Crippen LogP contribution in [0.3, 0.4) is 0 Å². The molecule has 34 nitrogen and oxygen atoms in total. The maximum Gasteiger partial charge on any atom is 0.326 e. The number of hydrogen-bond donors (Lipinski definition) is 18. The van der Waals surface area contributed by atoms with Gasteiger partial charge in [0.25, 0.3) is 0 Å². The van der Waals surface area contributed by atoms with Gasteiger partial charge in [-0.1, -0.05) is 25.7 Å². The Morgan fingerprint density at radius 3 is 0.917 bits per heavy atom. The van der Waals surface area contributed by atoms with Gasteiger partial charge in [0.1, 0.15) is 60.4 Å². The van der Waals surface area contributed by atoms with Gasteiger partial charge < -0.3 is 95.3 Å². The molecule has 10 atom stereocenters. The van der Waals surface area contributed by atoms with E-state index in [4.69, 9.17) is 11.5 Å². The first-order valence-corrected chi connectivity index (χ1v) is 27.4. The molecule has 2 saturated heterocycles. The highest BCUT2D eigenvalue weighted by Gasteiger charge is 2.37. The molecule has 2 aliphatic heterocycles. The largest absolute Gasteiger partial charge is 0.481 e. The first-order chi connectivity index (χ1) is 39.6. The molecule has 2 heterocycles. The summed E-state index contributed by atoms with van der Waals surface area (Å²) < 4.78 is 0. The third-order valence-electron chi connectivity index (χ3n) is 13.3. The number of hydrogen-bond acceptors (Lipinski definition) is 18. The summed E-state index contributed by atoms with van der Waals surface area (Å²) in [6, 6.07) is -15.8. The van der Waals surface area contributed by atoms with Crippen LogP contribution in [0.2, 0.25) is 0 Å². The van der Waals surface area contributed by atoms with Crippen molar-refractivity contribution >= 4 is 94.9 Å². The molecule has 2 aliphatic rings. The summed E-state index contributed by atoms with van der Waals surface area (Å²) in [7, 11) is 0. The summed E-state index contributed by atoms with van der Waals surface area (Å²) in [6.45, 7) is 0.384. The number of carboxylic acid groups (broad SMARTS) is 6. The number of rotatable bonds is 43. The Bertz CT molecular complexity index is 2230. The molecule has 0 unspecified atom stereocenters. The summed E-state index contributed by atoms with van der Waals surface area (Å²) in [5.74, 6) is -18.8. The fourth-order valence-electron chi connectivity index (χ4n) is 8.73. The van der Waals surface area contributed by atoms with Crippen LogP contribution in [0.25, 0.3) is 0 Å². The van der Waals surface area contributed by atoms with Crippen molar-refractivity contribution in [3.63, 3.8) is 0 Å². The quantitative estimate of drug-likeness (QED) is 0.0254.